The highest BCUT2D eigenvalue weighted by Crippen LogP contribution is 2.27. The molecule has 2 N–H and O–H groups in total. The second kappa shape index (κ2) is 14.9. The molecule has 0 aromatic heterocycles. The zero-order chi connectivity index (χ0) is 30.7. The van der Waals surface area contributed by atoms with Gasteiger partial charge in [0.2, 0.25) is 11.8 Å². The van der Waals surface area contributed by atoms with Crippen molar-refractivity contribution in [1.82, 2.24) is 15.5 Å². The van der Waals surface area contributed by atoms with E-state index < -0.39 is 23.8 Å². The first-order valence-electron chi connectivity index (χ1n) is 14.3. The SMILES string of the molecule is C#Cc1ccc(C(C(=O)NCc2ccccc2)N(C(=O)C(Cc2ccccc2)NC(=O)OC(C)(C)C)C(C)CC)cc1. The minimum absolute atomic E-state index is 0.222. The number of hydrogen-bond acceptors (Lipinski definition) is 4. The van der Waals surface area contributed by atoms with Crippen LogP contribution in [0.1, 0.15) is 69.3 Å². The molecule has 0 radical (unpaired) electrons. The molecule has 220 valence electrons. The Bertz CT molecular complexity index is 1360. The maximum absolute atomic E-state index is 14.5. The molecule has 0 aliphatic carbocycles. The quantitative estimate of drug-likeness (QED) is 0.287. The summed E-state index contributed by atoms with van der Waals surface area (Å²) in [5.41, 5.74) is 2.32. The van der Waals surface area contributed by atoms with Crippen molar-refractivity contribution in [1.29, 1.82) is 0 Å². The number of carbonyl (C=O) groups excluding carboxylic acids is 3. The van der Waals surface area contributed by atoms with Crippen LogP contribution in [0.4, 0.5) is 4.79 Å². The van der Waals surface area contributed by atoms with Crippen LogP contribution in [0, 0.1) is 12.3 Å². The van der Waals surface area contributed by atoms with E-state index in [0.717, 1.165) is 11.1 Å². The van der Waals surface area contributed by atoms with E-state index in [2.05, 4.69) is 16.6 Å². The molecule has 3 atom stereocenters. The van der Waals surface area contributed by atoms with E-state index in [0.29, 0.717) is 24.1 Å². The summed E-state index contributed by atoms with van der Waals surface area (Å²) in [6, 6.07) is 23.8. The molecule has 3 amide bonds. The Morgan fingerprint density at radius 2 is 1.48 bits per heavy atom. The third kappa shape index (κ3) is 9.24. The van der Waals surface area contributed by atoms with Gasteiger partial charge in [-0.25, -0.2) is 4.79 Å². The largest absolute Gasteiger partial charge is 0.444 e. The first kappa shape index (κ1) is 32.0. The van der Waals surface area contributed by atoms with Crippen molar-refractivity contribution in [3.8, 4) is 12.3 Å². The fourth-order valence-corrected chi connectivity index (χ4v) is 4.56. The van der Waals surface area contributed by atoms with E-state index in [-0.39, 0.29) is 24.3 Å². The van der Waals surface area contributed by atoms with Gasteiger partial charge in [-0.15, -0.1) is 6.42 Å². The maximum Gasteiger partial charge on any atom is 0.408 e. The van der Waals surface area contributed by atoms with Crippen LogP contribution in [0.5, 0.6) is 0 Å². The number of ether oxygens (including phenoxy) is 1. The topological polar surface area (TPSA) is 87.7 Å². The third-order valence-corrected chi connectivity index (χ3v) is 6.82. The molecule has 42 heavy (non-hydrogen) atoms. The number of amides is 3. The first-order chi connectivity index (χ1) is 20.0. The second-order valence-corrected chi connectivity index (χ2v) is 11.3. The first-order valence-corrected chi connectivity index (χ1v) is 14.3. The van der Waals surface area contributed by atoms with Crippen molar-refractivity contribution in [2.24, 2.45) is 0 Å². The van der Waals surface area contributed by atoms with Gasteiger partial charge in [0, 0.05) is 24.6 Å². The van der Waals surface area contributed by atoms with Gasteiger partial charge >= 0.3 is 6.09 Å². The monoisotopic (exact) mass is 567 g/mol. The Labute approximate surface area is 249 Å². The number of carbonyl (C=O) groups is 3. The molecule has 3 rings (SSSR count). The molecule has 0 saturated carbocycles. The van der Waals surface area contributed by atoms with E-state index >= 15 is 0 Å². The molecular weight excluding hydrogens is 526 g/mol. The summed E-state index contributed by atoms with van der Waals surface area (Å²) in [5, 5.41) is 5.81. The lowest BCUT2D eigenvalue weighted by Gasteiger charge is -2.38. The molecule has 0 spiro atoms. The lowest BCUT2D eigenvalue weighted by molar-refractivity contribution is -0.145. The molecule has 7 nitrogen and oxygen atoms in total. The summed E-state index contributed by atoms with van der Waals surface area (Å²) in [6.45, 7) is 9.44. The van der Waals surface area contributed by atoms with Crippen LogP contribution in [0.2, 0.25) is 0 Å². The van der Waals surface area contributed by atoms with Gasteiger partial charge in [0.1, 0.15) is 17.7 Å². The Morgan fingerprint density at radius 3 is 2.00 bits per heavy atom. The van der Waals surface area contributed by atoms with Gasteiger partial charge in [-0.1, -0.05) is 85.6 Å². The second-order valence-electron chi connectivity index (χ2n) is 11.3. The Morgan fingerprint density at radius 1 is 0.905 bits per heavy atom. The Hall–Kier alpha value is -4.57. The molecule has 0 saturated heterocycles. The molecule has 3 unspecified atom stereocenters. The van der Waals surface area contributed by atoms with Gasteiger partial charge in [-0.2, -0.15) is 0 Å². The van der Waals surface area contributed by atoms with Gasteiger partial charge in [0.25, 0.3) is 0 Å². The van der Waals surface area contributed by atoms with Crippen LogP contribution >= 0.6 is 0 Å². The fraction of sp³-hybridized carbons (Fsp3) is 0.343. The number of nitrogens with one attached hydrogen (secondary N) is 2. The summed E-state index contributed by atoms with van der Waals surface area (Å²) >= 11 is 0. The minimum atomic E-state index is -0.981. The van der Waals surface area contributed by atoms with Crippen molar-refractivity contribution < 1.29 is 19.1 Å². The highest BCUT2D eigenvalue weighted by Gasteiger charge is 2.38. The number of benzene rings is 3. The van der Waals surface area contributed by atoms with Crippen molar-refractivity contribution in [2.45, 2.75) is 77.7 Å². The van der Waals surface area contributed by atoms with Gasteiger partial charge in [-0.05, 0) is 62.9 Å². The van der Waals surface area contributed by atoms with Crippen LogP contribution in [-0.2, 0) is 27.3 Å². The number of rotatable bonds is 11. The maximum atomic E-state index is 14.5. The number of terminal acetylenes is 1. The fourth-order valence-electron chi connectivity index (χ4n) is 4.56. The third-order valence-electron chi connectivity index (χ3n) is 6.82. The predicted molar refractivity (Wildman–Crippen MR) is 165 cm³/mol. The average molecular weight is 568 g/mol. The van der Waals surface area contributed by atoms with Crippen molar-refractivity contribution >= 4 is 17.9 Å². The molecular formula is C35H41N3O4. The molecule has 7 heteroatoms. The van der Waals surface area contributed by atoms with Crippen LogP contribution in [-0.4, -0.2) is 40.5 Å². The van der Waals surface area contributed by atoms with Crippen LogP contribution in [0.15, 0.2) is 84.9 Å². The Kier molecular flexibility index (Phi) is 11.3. The van der Waals surface area contributed by atoms with E-state index in [1.807, 2.05) is 74.5 Å². The summed E-state index contributed by atoms with van der Waals surface area (Å²) < 4.78 is 5.51. The van der Waals surface area contributed by atoms with Gasteiger partial charge in [-0.3, -0.25) is 9.59 Å². The summed E-state index contributed by atoms with van der Waals surface area (Å²) in [5.74, 6) is 1.87. The molecule has 0 fully saturated rings. The normalized spacial score (nSPS) is 13.1. The van der Waals surface area contributed by atoms with Gasteiger partial charge in [0.15, 0.2) is 0 Å². The molecule has 0 aliphatic rings. The minimum Gasteiger partial charge on any atom is -0.444 e. The smallest absolute Gasteiger partial charge is 0.408 e. The molecule has 0 bridgehead atoms. The highest BCUT2D eigenvalue weighted by molar-refractivity contribution is 5.92. The van der Waals surface area contributed by atoms with E-state index in [4.69, 9.17) is 11.2 Å². The standard InChI is InChI=1S/C35H41N3O4/c1-7-25(3)38(33(40)30(23-27-15-11-9-12-16-27)37-34(41)42-35(4,5)6)31(29-21-19-26(8-2)20-22-29)32(39)36-24-28-17-13-10-14-18-28/h2,9-22,25,30-31H,7,23-24H2,1,3-6H3,(H,36,39)(H,37,41). The van der Waals surface area contributed by atoms with Crippen LogP contribution in [0.3, 0.4) is 0 Å². The van der Waals surface area contributed by atoms with Crippen molar-refractivity contribution in [2.75, 3.05) is 0 Å². The number of alkyl carbamates (subject to hydrolysis) is 1. The zero-order valence-electron chi connectivity index (χ0n) is 25.1. The molecule has 0 aliphatic heterocycles. The van der Waals surface area contributed by atoms with E-state index in [1.54, 1.807) is 49.9 Å². The Balaban J connectivity index is 2.04. The summed E-state index contributed by atoms with van der Waals surface area (Å²) in [6.07, 6.45) is 5.69. The van der Waals surface area contributed by atoms with Gasteiger partial charge < -0.3 is 20.3 Å². The predicted octanol–water partition coefficient (Wildman–Crippen LogP) is 5.79. The van der Waals surface area contributed by atoms with Crippen LogP contribution in [0.25, 0.3) is 0 Å². The molecule has 3 aromatic rings. The van der Waals surface area contributed by atoms with Crippen molar-refractivity contribution in [3.63, 3.8) is 0 Å². The van der Waals surface area contributed by atoms with Crippen LogP contribution < -0.4 is 10.6 Å². The van der Waals surface area contributed by atoms with E-state index in [1.165, 1.54) is 0 Å². The zero-order valence-corrected chi connectivity index (χ0v) is 25.1. The van der Waals surface area contributed by atoms with Crippen molar-refractivity contribution in [3.05, 3.63) is 107 Å². The molecule has 0 heterocycles. The lowest BCUT2D eigenvalue weighted by Crippen LogP contribution is -2.56. The summed E-state index contributed by atoms with van der Waals surface area (Å²) in [4.78, 5) is 43.0. The summed E-state index contributed by atoms with van der Waals surface area (Å²) in [7, 11) is 0. The highest BCUT2D eigenvalue weighted by atomic mass is 16.6. The molecule has 3 aromatic carbocycles. The lowest BCUT2D eigenvalue weighted by atomic mass is 9.97. The average Bonchev–Trinajstić information content (AvgIpc) is 2.98. The van der Waals surface area contributed by atoms with E-state index in [9.17, 15) is 14.4 Å². The number of nitrogens with zero attached hydrogens (tertiary/aromatic N) is 1. The number of hydrogen-bond donors (Lipinski definition) is 2. The van der Waals surface area contributed by atoms with Gasteiger partial charge in [0.05, 0.1) is 0 Å².